The van der Waals surface area contributed by atoms with Crippen LogP contribution in [0.15, 0.2) is 59.5 Å². The number of nitro groups is 1. The summed E-state index contributed by atoms with van der Waals surface area (Å²) < 4.78 is 32.3. The summed E-state index contributed by atoms with van der Waals surface area (Å²) in [5, 5.41) is 10.7. The van der Waals surface area contributed by atoms with Crippen LogP contribution < -0.4 is 4.72 Å². The molecule has 0 heterocycles. The van der Waals surface area contributed by atoms with E-state index in [1.54, 1.807) is 37.3 Å². The molecule has 0 unspecified atom stereocenters. The van der Waals surface area contributed by atoms with E-state index in [0.29, 0.717) is 5.56 Å². The van der Waals surface area contributed by atoms with Crippen molar-refractivity contribution in [2.45, 2.75) is 17.9 Å². The normalized spacial score (nSPS) is 12.4. The summed E-state index contributed by atoms with van der Waals surface area (Å²) in [7, 11) is -4.09. The van der Waals surface area contributed by atoms with Crippen LogP contribution in [0.1, 0.15) is 18.5 Å². The number of hydrogen-bond acceptors (Lipinski definition) is 6. The summed E-state index contributed by atoms with van der Waals surface area (Å²) in [5.74, 6) is -0.737. The van der Waals surface area contributed by atoms with E-state index in [-0.39, 0.29) is 17.2 Å². The number of carbonyl (C=O) groups excluding carboxylic acids is 1. The van der Waals surface area contributed by atoms with Gasteiger partial charge in [0.05, 0.1) is 16.4 Å². The van der Waals surface area contributed by atoms with E-state index in [1.165, 1.54) is 0 Å². The third-order valence-electron chi connectivity index (χ3n) is 3.29. The van der Waals surface area contributed by atoms with Crippen LogP contribution in [-0.4, -0.2) is 25.9 Å². The molecule has 0 aliphatic heterocycles. The van der Waals surface area contributed by atoms with Gasteiger partial charge in [-0.2, -0.15) is 4.72 Å². The molecule has 0 saturated heterocycles. The van der Waals surface area contributed by atoms with Crippen LogP contribution in [0.5, 0.6) is 0 Å². The maximum absolute atomic E-state index is 12.5. The minimum atomic E-state index is -4.09. The zero-order valence-electron chi connectivity index (χ0n) is 13.3. The number of nitro benzene ring substituents is 1. The number of nitrogens with one attached hydrogen (secondary N) is 1. The highest BCUT2D eigenvalue weighted by Crippen LogP contribution is 2.20. The second-order valence-corrected chi connectivity index (χ2v) is 6.68. The van der Waals surface area contributed by atoms with Crippen molar-refractivity contribution in [1.82, 2.24) is 4.72 Å². The number of nitrogens with zero attached hydrogens (tertiary/aromatic N) is 1. The Bertz CT molecular complexity index is 850. The molecule has 25 heavy (non-hydrogen) atoms. The van der Waals surface area contributed by atoms with E-state index in [2.05, 4.69) is 4.72 Å². The largest absolute Gasteiger partial charge is 0.465 e. The molecule has 2 aromatic carbocycles. The third kappa shape index (κ3) is 4.61. The van der Waals surface area contributed by atoms with Crippen molar-refractivity contribution in [1.29, 1.82) is 0 Å². The number of rotatable bonds is 7. The molecule has 1 N–H and O–H groups in total. The van der Waals surface area contributed by atoms with E-state index in [4.69, 9.17) is 4.74 Å². The summed E-state index contributed by atoms with van der Waals surface area (Å²) in [4.78, 5) is 22.0. The van der Waals surface area contributed by atoms with E-state index in [9.17, 15) is 23.3 Å². The summed E-state index contributed by atoms with van der Waals surface area (Å²) in [6.07, 6.45) is 0. The Morgan fingerprint density at radius 2 is 1.76 bits per heavy atom. The summed E-state index contributed by atoms with van der Waals surface area (Å²) in [6.45, 7) is 1.71. The third-order valence-corrected chi connectivity index (χ3v) is 4.72. The Morgan fingerprint density at radius 3 is 2.28 bits per heavy atom. The molecule has 0 bridgehead atoms. The first-order valence-electron chi connectivity index (χ1n) is 7.33. The van der Waals surface area contributed by atoms with E-state index in [1.807, 2.05) is 0 Å². The predicted molar refractivity (Wildman–Crippen MR) is 89.2 cm³/mol. The predicted octanol–water partition coefficient (Wildman–Crippen LogP) is 2.18. The smallest absolute Gasteiger partial charge is 0.328 e. The van der Waals surface area contributed by atoms with Crippen molar-refractivity contribution in [2.24, 2.45) is 0 Å². The van der Waals surface area contributed by atoms with Crippen molar-refractivity contribution in [3.8, 4) is 0 Å². The van der Waals surface area contributed by atoms with Gasteiger partial charge in [-0.3, -0.25) is 10.1 Å². The van der Waals surface area contributed by atoms with Crippen LogP contribution in [0, 0.1) is 10.1 Å². The first-order chi connectivity index (χ1) is 11.8. The lowest BCUT2D eigenvalue weighted by Crippen LogP contribution is -2.35. The second-order valence-electron chi connectivity index (χ2n) is 4.97. The lowest BCUT2D eigenvalue weighted by molar-refractivity contribution is -0.384. The fourth-order valence-electron chi connectivity index (χ4n) is 2.09. The standard InChI is InChI=1S/C16H16N2O6S/c1-2-24-16(19)15(12-6-4-3-5-7-12)17-25(22,23)14-10-8-13(9-11-14)18(20)21/h3-11,15,17H,2H2,1H3/t15-/m0/s1. The highest BCUT2D eigenvalue weighted by Gasteiger charge is 2.28. The number of carbonyl (C=O) groups is 1. The van der Waals surface area contributed by atoms with Gasteiger partial charge >= 0.3 is 5.97 Å². The maximum Gasteiger partial charge on any atom is 0.328 e. The minimum Gasteiger partial charge on any atom is -0.465 e. The number of esters is 1. The molecule has 0 aliphatic carbocycles. The fourth-order valence-corrected chi connectivity index (χ4v) is 3.27. The quantitative estimate of drug-likeness (QED) is 0.457. The topological polar surface area (TPSA) is 116 Å². The van der Waals surface area contributed by atoms with Gasteiger partial charge in [0, 0.05) is 12.1 Å². The van der Waals surface area contributed by atoms with Gasteiger partial charge < -0.3 is 4.74 Å². The number of non-ortho nitro benzene ring substituents is 1. The van der Waals surface area contributed by atoms with Crippen LogP contribution >= 0.6 is 0 Å². The minimum absolute atomic E-state index is 0.0986. The highest BCUT2D eigenvalue weighted by molar-refractivity contribution is 7.89. The first-order valence-corrected chi connectivity index (χ1v) is 8.82. The van der Waals surface area contributed by atoms with Gasteiger partial charge in [0.15, 0.2) is 0 Å². The molecular weight excluding hydrogens is 348 g/mol. The Kier molecular flexibility index (Phi) is 5.84. The summed E-state index contributed by atoms with van der Waals surface area (Å²) in [5.41, 5.74) is 0.190. The van der Waals surface area contributed by atoms with Crippen LogP contribution in [0.4, 0.5) is 5.69 Å². The van der Waals surface area contributed by atoms with E-state index < -0.39 is 27.0 Å². The Balaban J connectivity index is 2.33. The number of ether oxygens (including phenoxy) is 1. The van der Waals surface area contributed by atoms with Gasteiger partial charge in [0.1, 0.15) is 6.04 Å². The Morgan fingerprint density at radius 1 is 1.16 bits per heavy atom. The molecule has 0 fully saturated rings. The Labute approximate surface area is 144 Å². The fraction of sp³-hybridized carbons (Fsp3) is 0.188. The summed E-state index contributed by atoms with van der Waals surface area (Å²) in [6, 6.07) is 11.4. The molecule has 0 aliphatic rings. The average Bonchev–Trinajstić information content (AvgIpc) is 2.60. The molecule has 1 atom stereocenters. The monoisotopic (exact) mass is 364 g/mol. The van der Waals surface area contributed by atoms with Crippen molar-refractivity contribution in [2.75, 3.05) is 6.61 Å². The molecule has 9 heteroatoms. The van der Waals surface area contributed by atoms with Gasteiger partial charge in [-0.05, 0) is 24.6 Å². The molecule has 0 saturated carbocycles. The number of sulfonamides is 1. The van der Waals surface area contributed by atoms with E-state index in [0.717, 1.165) is 24.3 Å². The lowest BCUT2D eigenvalue weighted by atomic mass is 10.1. The zero-order valence-corrected chi connectivity index (χ0v) is 14.1. The van der Waals surface area contributed by atoms with Crippen molar-refractivity contribution in [3.05, 3.63) is 70.3 Å². The number of hydrogen-bond donors (Lipinski definition) is 1. The van der Waals surface area contributed by atoms with E-state index >= 15 is 0 Å². The molecule has 0 amide bonds. The summed E-state index contributed by atoms with van der Waals surface area (Å²) >= 11 is 0. The van der Waals surface area contributed by atoms with Crippen molar-refractivity contribution in [3.63, 3.8) is 0 Å². The van der Waals surface area contributed by atoms with Crippen molar-refractivity contribution < 1.29 is 22.9 Å². The first kappa shape index (κ1) is 18.6. The second kappa shape index (κ2) is 7.86. The Hall–Kier alpha value is -2.78. The molecule has 2 rings (SSSR count). The van der Waals surface area contributed by atoms with Gasteiger partial charge in [0.25, 0.3) is 5.69 Å². The maximum atomic E-state index is 12.5. The average molecular weight is 364 g/mol. The molecule has 0 radical (unpaired) electrons. The SMILES string of the molecule is CCOC(=O)[C@@H](NS(=O)(=O)c1ccc([N+](=O)[O-])cc1)c1ccccc1. The number of benzene rings is 2. The molecule has 0 spiro atoms. The molecule has 2 aromatic rings. The van der Waals surface area contributed by atoms with Gasteiger partial charge in [-0.1, -0.05) is 30.3 Å². The van der Waals surface area contributed by atoms with Crippen LogP contribution in [0.3, 0.4) is 0 Å². The van der Waals surface area contributed by atoms with Gasteiger partial charge in [0.2, 0.25) is 10.0 Å². The van der Waals surface area contributed by atoms with Crippen molar-refractivity contribution >= 4 is 21.7 Å². The van der Waals surface area contributed by atoms with Crippen LogP contribution in [0.25, 0.3) is 0 Å². The molecule has 132 valence electrons. The molecule has 0 aromatic heterocycles. The van der Waals surface area contributed by atoms with Crippen LogP contribution in [0.2, 0.25) is 0 Å². The highest BCUT2D eigenvalue weighted by atomic mass is 32.2. The van der Waals surface area contributed by atoms with Gasteiger partial charge in [-0.15, -0.1) is 0 Å². The van der Waals surface area contributed by atoms with Crippen LogP contribution in [-0.2, 0) is 19.6 Å². The zero-order chi connectivity index (χ0) is 18.4. The lowest BCUT2D eigenvalue weighted by Gasteiger charge is -2.17. The molecule has 8 nitrogen and oxygen atoms in total. The van der Waals surface area contributed by atoms with Gasteiger partial charge in [-0.25, -0.2) is 13.2 Å². The molecular formula is C16H16N2O6S.